The SMILES string of the molecule is N#Cc1ccccc1OCC(=O)Nc1nn2cc(-c3ccccc3)nc2s1. The number of fused-ring (bicyclic) bond motifs is 1. The number of anilines is 1. The predicted octanol–water partition coefficient (Wildman–Crippen LogP) is 3.35. The molecule has 0 saturated carbocycles. The zero-order chi connectivity index (χ0) is 18.6. The molecular weight excluding hydrogens is 362 g/mol. The summed E-state index contributed by atoms with van der Waals surface area (Å²) in [5.74, 6) is 0.0135. The fraction of sp³-hybridized carbons (Fsp3) is 0.0526. The smallest absolute Gasteiger partial charge is 0.264 e. The molecule has 2 aromatic heterocycles. The average Bonchev–Trinajstić information content (AvgIpc) is 3.26. The van der Waals surface area contributed by atoms with Crippen molar-refractivity contribution in [3.05, 3.63) is 66.4 Å². The van der Waals surface area contributed by atoms with Gasteiger partial charge in [0.1, 0.15) is 11.8 Å². The summed E-state index contributed by atoms with van der Waals surface area (Å²) in [6.07, 6.45) is 1.82. The third kappa shape index (κ3) is 3.63. The van der Waals surface area contributed by atoms with Crippen LogP contribution in [-0.2, 0) is 4.79 Å². The molecule has 0 bridgehead atoms. The molecule has 0 unspecified atom stereocenters. The molecule has 7 nitrogen and oxygen atoms in total. The number of carbonyl (C=O) groups excluding carboxylic acids is 1. The first-order valence-corrected chi connectivity index (χ1v) is 8.88. The van der Waals surface area contributed by atoms with E-state index in [1.54, 1.807) is 28.8 Å². The second-order valence-corrected chi connectivity index (χ2v) is 6.53. The number of benzene rings is 2. The zero-order valence-electron chi connectivity index (χ0n) is 14.0. The molecule has 0 atom stereocenters. The van der Waals surface area contributed by atoms with E-state index in [-0.39, 0.29) is 12.5 Å². The highest BCUT2D eigenvalue weighted by molar-refractivity contribution is 7.20. The summed E-state index contributed by atoms with van der Waals surface area (Å²) in [7, 11) is 0. The molecule has 4 rings (SSSR count). The van der Waals surface area contributed by atoms with Crippen LogP contribution in [-0.4, -0.2) is 27.1 Å². The lowest BCUT2D eigenvalue weighted by molar-refractivity contribution is -0.118. The minimum atomic E-state index is -0.358. The first-order chi connectivity index (χ1) is 13.2. The van der Waals surface area contributed by atoms with E-state index in [4.69, 9.17) is 10.00 Å². The Balaban J connectivity index is 1.42. The van der Waals surface area contributed by atoms with Crippen molar-refractivity contribution >= 4 is 27.3 Å². The summed E-state index contributed by atoms with van der Waals surface area (Å²) in [6.45, 7) is -0.212. The lowest BCUT2D eigenvalue weighted by Gasteiger charge is -2.06. The Kier molecular flexibility index (Phi) is 4.51. The van der Waals surface area contributed by atoms with Crippen LogP contribution in [0.3, 0.4) is 0 Å². The van der Waals surface area contributed by atoms with Gasteiger partial charge in [0.15, 0.2) is 6.61 Å². The molecule has 0 saturated heterocycles. The molecule has 132 valence electrons. The second-order valence-electron chi connectivity index (χ2n) is 5.57. The lowest BCUT2D eigenvalue weighted by Crippen LogP contribution is -2.20. The molecule has 0 spiro atoms. The highest BCUT2D eigenvalue weighted by Gasteiger charge is 2.12. The van der Waals surface area contributed by atoms with Crippen LogP contribution in [0.15, 0.2) is 60.8 Å². The van der Waals surface area contributed by atoms with Gasteiger partial charge >= 0.3 is 0 Å². The number of nitriles is 1. The maximum Gasteiger partial charge on any atom is 0.264 e. The minimum Gasteiger partial charge on any atom is -0.482 e. The molecule has 0 aliphatic rings. The molecule has 4 aromatic rings. The number of aromatic nitrogens is 3. The van der Waals surface area contributed by atoms with Gasteiger partial charge in [0.25, 0.3) is 5.91 Å². The summed E-state index contributed by atoms with van der Waals surface area (Å²) in [5, 5.41) is 16.5. The Labute approximate surface area is 158 Å². The number of imidazole rings is 1. The van der Waals surface area contributed by atoms with Crippen LogP contribution in [0.25, 0.3) is 16.2 Å². The van der Waals surface area contributed by atoms with E-state index in [1.807, 2.05) is 42.6 Å². The molecule has 27 heavy (non-hydrogen) atoms. The van der Waals surface area contributed by atoms with Crippen LogP contribution in [0.2, 0.25) is 0 Å². The number of hydrogen-bond acceptors (Lipinski definition) is 6. The van der Waals surface area contributed by atoms with Crippen molar-refractivity contribution in [2.75, 3.05) is 11.9 Å². The minimum absolute atomic E-state index is 0.212. The number of ether oxygens (including phenoxy) is 1. The number of nitrogens with one attached hydrogen (secondary N) is 1. The summed E-state index contributed by atoms with van der Waals surface area (Å²) in [6, 6.07) is 18.6. The zero-order valence-corrected chi connectivity index (χ0v) is 14.8. The van der Waals surface area contributed by atoms with Gasteiger partial charge in [-0.1, -0.05) is 53.8 Å². The summed E-state index contributed by atoms with van der Waals surface area (Å²) < 4.78 is 7.05. The van der Waals surface area contributed by atoms with E-state index in [0.29, 0.717) is 21.4 Å². The van der Waals surface area contributed by atoms with Gasteiger partial charge in [-0.3, -0.25) is 10.1 Å². The Morgan fingerprint density at radius 3 is 2.74 bits per heavy atom. The average molecular weight is 375 g/mol. The van der Waals surface area contributed by atoms with Crippen LogP contribution in [0.4, 0.5) is 5.13 Å². The van der Waals surface area contributed by atoms with Gasteiger partial charge in [0.2, 0.25) is 10.1 Å². The van der Waals surface area contributed by atoms with Crippen molar-refractivity contribution in [3.63, 3.8) is 0 Å². The molecule has 2 heterocycles. The first kappa shape index (κ1) is 16.8. The van der Waals surface area contributed by atoms with E-state index in [9.17, 15) is 4.79 Å². The third-order valence-electron chi connectivity index (χ3n) is 3.73. The van der Waals surface area contributed by atoms with Crippen LogP contribution < -0.4 is 10.1 Å². The van der Waals surface area contributed by atoms with Crippen molar-refractivity contribution in [3.8, 4) is 23.1 Å². The van der Waals surface area contributed by atoms with Crippen LogP contribution in [0.5, 0.6) is 5.75 Å². The first-order valence-electron chi connectivity index (χ1n) is 8.06. The van der Waals surface area contributed by atoms with E-state index < -0.39 is 0 Å². The number of para-hydroxylation sites is 1. The Morgan fingerprint density at radius 1 is 1.19 bits per heavy atom. The van der Waals surface area contributed by atoms with Crippen molar-refractivity contribution in [2.24, 2.45) is 0 Å². The Bertz CT molecular complexity index is 1110. The van der Waals surface area contributed by atoms with E-state index in [0.717, 1.165) is 11.3 Å². The highest BCUT2D eigenvalue weighted by Crippen LogP contribution is 2.24. The fourth-order valence-corrected chi connectivity index (χ4v) is 3.28. The van der Waals surface area contributed by atoms with Gasteiger partial charge in [-0.25, -0.2) is 9.50 Å². The Morgan fingerprint density at radius 2 is 1.96 bits per heavy atom. The Hall–Kier alpha value is -3.70. The van der Waals surface area contributed by atoms with E-state index in [1.165, 1.54) is 11.3 Å². The standard InChI is InChI=1S/C19H13N5O2S/c20-10-14-8-4-5-9-16(14)26-12-17(25)22-18-23-24-11-15(21-19(24)27-18)13-6-2-1-3-7-13/h1-9,11H,12H2,(H,22,23,25). The van der Waals surface area contributed by atoms with Crippen LogP contribution >= 0.6 is 11.3 Å². The summed E-state index contributed by atoms with van der Waals surface area (Å²) in [4.78, 5) is 17.3. The highest BCUT2D eigenvalue weighted by atomic mass is 32.1. The monoisotopic (exact) mass is 375 g/mol. The topological polar surface area (TPSA) is 92.3 Å². The summed E-state index contributed by atoms with van der Waals surface area (Å²) in [5.41, 5.74) is 2.21. The molecule has 8 heteroatoms. The second kappa shape index (κ2) is 7.27. The van der Waals surface area contributed by atoms with Crippen molar-refractivity contribution in [1.29, 1.82) is 5.26 Å². The van der Waals surface area contributed by atoms with Crippen LogP contribution in [0.1, 0.15) is 5.56 Å². The van der Waals surface area contributed by atoms with Crippen molar-refractivity contribution in [1.82, 2.24) is 14.6 Å². The van der Waals surface area contributed by atoms with Gasteiger partial charge in [-0.2, -0.15) is 5.26 Å². The normalized spacial score (nSPS) is 10.5. The number of amides is 1. The molecule has 0 aliphatic carbocycles. The molecule has 2 aromatic carbocycles. The third-order valence-corrected chi connectivity index (χ3v) is 4.56. The number of hydrogen-bond donors (Lipinski definition) is 1. The van der Waals surface area contributed by atoms with Gasteiger partial charge < -0.3 is 4.74 Å². The maximum absolute atomic E-state index is 12.1. The quantitative estimate of drug-likeness (QED) is 0.577. The van der Waals surface area contributed by atoms with Crippen LogP contribution in [0, 0.1) is 11.3 Å². The number of carbonyl (C=O) groups is 1. The molecule has 1 amide bonds. The van der Waals surface area contributed by atoms with Gasteiger partial charge in [-0.15, -0.1) is 5.10 Å². The van der Waals surface area contributed by atoms with Crippen molar-refractivity contribution < 1.29 is 9.53 Å². The van der Waals surface area contributed by atoms with Gasteiger partial charge in [0.05, 0.1) is 17.5 Å². The molecule has 0 radical (unpaired) electrons. The lowest BCUT2D eigenvalue weighted by atomic mass is 10.2. The maximum atomic E-state index is 12.1. The summed E-state index contributed by atoms with van der Waals surface area (Å²) >= 11 is 1.27. The van der Waals surface area contributed by atoms with Gasteiger partial charge in [0, 0.05) is 5.56 Å². The van der Waals surface area contributed by atoms with E-state index >= 15 is 0 Å². The predicted molar refractivity (Wildman–Crippen MR) is 102 cm³/mol. The number of nitrogens with zero attached hydrogens (tertiary/aromatic N) is 4. The fourth-order valence-electron chi connectivity index (χ4n) is 2.48. The molecular formula is C19H13N5O2S. The van der Waals surface area contributed by atoms with E-state index in [2.05, 4.69) is 15.4 Å². The number of rotatable bonds is 5. The molecule has 1 N–H and O–H groups in total. The largest absolute Gasteiger partial charge is 0.482 e. The molecule has 0 fully saturated rings. The van der Waals surface area contributed by atoms with Gasteiger partial charge in [-0.05, 0) is 12.1 Å². The van der Waals surface area contributed by atoms with Crippen molar-refractivity contribution in [2.45, 2.75) is 0 Å². The molecule has 0 aliphatic heterocycles.